The van der Waals surface area contributed by atoms with E-state index in [1.165, 1.54) is 31.2 Å². The second kappa shape index (κ2) is 9.55. The molecule has 0 N–H and O–H groups in total. The first-order valence-electron chi connectivity index (χ1n) is 9.42. The Hall–Kier alpha value is -2.60. The number of benzene rings is 2. The van der Waals surface area contributed by atoms with Crippen molar-refractivity contribution in [1.82, 2.24) is 0 Å². The first-order chi connectivity index (χ1) is 13.6. The first-order valence-corrected chi connectivity index (χ1v) is 9.83. The SMILES string of the molecule is C/C=C/C1CCC(c2ccc(C#Cc3cc(F)c(N=C=S)c(F)c3)cc2)CC1. The third kappa shape index (κ3) is 5.01. The summed E-state index contributed by atoms with van der Waals surface area (Å²) in [4.78, 5) is 3.40. The quantitative estimate of drug-likeness (QED) is 0.238. The van der Waals surface area contributed by atoms with Gasteiger partial charge in [-0.1, -0.05) is 36.1 Å². The minimum Gasteiger partial charge on any atom is -0.204 e. The Morgan fingerprint density at radius 3 is 2.14 bits per heavy atom. The van der Waals surface area contributed by atoms with Gasteiger partial charge in [0.25, 0.3) is 0 Å². The summed E-state index contributed by atoms with van der Waals surface area (Å²) in [6.45, 7) is 2.08. The molecule has 0 radical (unpaired) electrons. The zero-order valence-electron chi connectivity index (χ0n) is 15.7. The molecule has 2 aromatic carbocycles. The van der Waals surface area contributed by atoms with Crippen LogP contribution in [0.1, 0.15) is 55.2 Å². The Morgan fingerprint density at radius 2 is 1.57 bits per heavy atom. The molecule has 1 saturated carbocycles. The zero-order valence-corrected chi connectivity index (χ0v) is 16.5. The standard InChI is InChI=1S/C24H21F2NS/c1-2-3-17-6-10-20(11-7-17)21-12-8-18(9-13-21)4-5-19-14-22(25)24(27-16-28)23(26)15-19/h2-3,8-9,12-15,17,20H,6-7,10-11H2,1H3/b3-2+. The van der Waals surface area contributed by atoms with Crippen molar-refractivity contribution in [3.63, 3.8) is 0 Å². The Bertz CT molecular complexity index is 945. The lowest BCUT2D eigenvalue weighted by molar-refractivity contribution is 0.375. The number of aliphatic imine (C=N–C) groups is 1. The van der Waals surface area contributed by atoms with Gasteiger partial charge in [-0.05, 0) is 86.5 Å². The van der Waals surface area contributed by atoms with E-state index in [1.807, 2.05) is 17.3 Å². The molecule has 0 spiro atoms. The zero-order chi connectivity index (χ0) is 19.9. The Kier molecular flexibility index (Phi) is 6.87. The monoisotopic (exact) mass is 393 g/mol. The summed E-state index contributed by atoms with van der Waals surface area (Å²) in [5.41, 5.74) is 1.97. The lowest BCUT2D eigenvalue weighted by Gasteiger charge is -2.27. The molecule has 0 unspecified atom stereocenters. The molecule has 0 atom stereocenters. The molecule has 142 valence electrons. The maximum Gasteiger partial charge on any atom is 0.153 e. The van der Waals surface area contributed by atoms with Gasteiger partial charge in [0.15, 0.2) is 11.6 Å². The van der Waals surface area contributed by atoms with Crippen molar-refractivity contribution in [2.75, 3.05) is 0 Å². The van der Waals surface area contributed by atoms with Crippen molar-refractivity contribution in [1.29, 1.82) is 0 Å². The summed E-state index contributed by atoms with van der Waals surface area (Å²) < 4.78 is 27.7. The molecule has 3 rings (SSSR count). The van der Waals surface area contributed by atoms with Crippen molar-refractivity contribution in [3.05, 3.63) is 76.9 Å². The number of halogens is 2. The maximum atomic E-state index is 13.9. The van der Waals surface area contributed by atoms with Crippen LogP contribution in [0.3, 0.4) is 0 Å². The lowest BCUT2D eigenvalue weighted by Crippen LogP contribution is -2.11. The Morgan fingerprint density at radius 1 is 0.964 bits per heavy atom. The topological polar surface area (TPSA) is 12.4 Å². The second-order valence-electron chi connectivity index (χ2n) is 7.00. The molecule has 1 nitrogen and oxygen atoms in total. The van der Waals surface area contributed by atoms with Gasteiger partial charge in [-0.25, -0.2) is 8.78 Å². The molecular formula is C24H21F2NS. The number of allylic oxidation sites excluding steroid dienone is 2. The van der Waals surface area contributed by atoms with Crippen LogP contribution in [0.5, 0.6) is 0 Å². The van der Waals surface area contributed by atoms with E-state index in [2.05, 4.69) is 60.3 Å². The highest BCUT2D eigenvalue weighted by atomic mass is 32.1. The molecule has 0 bridgehead atoms. The maximum absolute atomic E-state index is 13.9. The van der Waals surface area contributed by atoms with Crippen LogP contribution in [-0.2, 0) is 0 Å². The van der Waals surface area contributed by atoms with E-state index >= 15 is 0 Å². The molecule has 28 heavy (non-hydrogen) atoms. The molecule has 1 aliphatic carbocycles. The Labute approximate surface area is 170 Å². The fraction of sp³-hybridized carbons (Fsp3) is 0.292. The largest absolute Gasteiger partial charge is 0.204 e. The van der Waals surface area contributed by atoms with Crippen LogP contribution < -0.4 is 0 Å². The van der Waals surface area contributed by atoms with Crippen molar-refractivity contribution in [2.45, 2.75) is 38.5 Å². The fourth-order valence-corrected chi connectivity index (χ4v) is 3.78. The molecule has 4 heteroatoms. The number of isothiocyanates is 1. The highest BCUT2D eigenvalue weighted by Crippen LogP contribution is 2.36. The molecule has 0 saturated heterocycles. The number of hydrogen-bond donors (Lipinski definition) is 0. The molecule has 2 aromatic rings. The van der Waals surface area contributed by atoms with E-state index in [1.54, 1.807) is 0 Å². The van der Waals surface area contributed by atoms with Crippen LogP contribution in [-0.4, -0.2) is 5.16 Å². The van der Waals surface area contributed by atoms with Crippen LogP contribution in [0.25, 0.3) is 0 Å². The van der Waals surface area contributed by atoms with Crippen LogP contribution in [0.15, 0.2) is 53.5 Å². The minimum absolute atomic E-state index is 0.254. The van der Waals surface area contributed by atoms with Gasteiger partial charge in [0.2, 0.25) is 0 Å². The van der Waals surface area contributed by atoms with Crippen LogP contribution in [0.4, 0.5) is 14.5 Å². The Balaban J connectivity index is 1.70. The van der Waals surface area contributed by atoms with Crippen molar-refractivity contribution in [3.8, 4) is 11.8 Å². The molecule has 1 fully saturated rings. The summed E-state index contributed by atoms with van der Waals surface area (Å²) in [5.74, 6) is 5.48. The molecular weight excluding hydrogens is 372 g/mol. The smallest absolute Gasteiger partial charge is 0.153 e. The number of hydrogen-bond acceptors (Lipinski definition) is 2. The van der Waals surface area contributed by atoms with Crippen LogP contribution in [0.2, 0.25) is 0 Å². The van der Waals surface area contributed by atoms with E-state index < -0.39 is 17.3 Å². The van der Waals surface area contributed by atoms with Crippen molar-refractivity contribution >= 4 is 23.1 Å². The van der Waals surface area contributed by atoms with E-state index in [-0.39, 0.29) is 5.56 Å². The highest BCUT2D eigenvalue weighted by molar-refractivity contribution is 7.78. The van der Waals surface area contributed by atoms with E-state index in [0.717, 1.165) is 17.7 Å². The first kappa shape index (κ1) is 20.1. The highest BCUT2D eigenvalue weighted by Gasteiger charge is 2.20. The summed E-state index contributed by atoms with van der Waals surface area (Å²) in [6.07, 6.45) is 9.33. The molecule has 1 aliphatic rings. The number of nitrogens with zero attached hydrogens (tertiary/aromatic N) is 1. The summed E-state index contributed by atoms with van der Waals surface area (Å²) in [7, 11) is 0. The van der Waals surface area contributed by atoms with Gasteiger partial charge in [-0.2, -0.15) is 4.99 Å². The van der Waals surface area contributed by atoms with Gasteiger partial charge in [0, 0.05) is 11.1 Å². The predicted molar refractivity (Wildman–Crippen MR) is 113 cm³/mol. The minimum atomic E-state index is -0.800. The van der Waals surface area contributed by atoms with E-state index in [9.17, 15) is 8.78 Å². The van der Waals surface area contributed by atoms with E-state index in [0.29, 0.717) is 11.8 Å². The fourth-order valence-electron chi connectivity index (χ4n) is 3.69. The van der Waals surface area contributed by atoms with Gasteiger partial charge in [-0.3, -0.25) is 0 Å². The molecule has 0 aliphatic heterocycles. The van der Waals surface area contributed by atoms with Crippen LogP contribution >= 0.6 is 12.2 Å². The lowest BCUT2D eigenvalue weighted by atomic mass is 9.78. The van der Waals surface area contributed by atoms with E-state index in [4.69, 9.17) is 0 Å². The molecule has 0 heterocycles. The summed E-state index contributed by atoms with van der Waals surface area (Å²) in [5, 5.41) is 1.97. The summed E-state index contributed by atoms with van der Waals surface area (Å²) in [6, 6.07) is 10.5. The van der Waals surface area contributed by atoms with Gasteiger partial charge >= 0.3 is 0 Å². The average molecular weight is 394 g/mol. The normalized spacial score (nSPS) is 19.0. The van der Waals surface area contributed by atoms with Crippen LogP contribution in [0, 0.1) is 29.4 Å². The van der Waals surface area contributed by atoms with Gasteiger partial charge in [0.05, 0.1) is 5.16 Å². The third-order valence-electron chi connectivity index (χ3n) is 5.14. The van der Waals surface area contributed by atoms with Gasteiger partial charge in [-0.15, -0.1) is 0 Å². The summed E-state index contributed by atoms with van der Waals surface area (Å²) >= 11 is 4.40. The second-order valence-corrected chi connectivity index (χ2v) is 7.18. The molecule has 0 aromatic heterocycles. The molecule has 0 amide bonds. The average Bonchev–Trinajstić information content (AvgIpc) is 2.70. The third-order valence-corrected chi connectivity index (χ3v) is 5.24. The number of thiocarbonyl (C=S) groups is 1. The number of rotatable bonds is 3. The predicted octanol–water partition coefficient (Wildman–Crippen LogP) is 6.95. The van der Waals surface area contributed by atoms with Crippen molar-refractivity contribution < 1.29 is 8.78 Å². The van der Waals surface area contributed by atoms with Gasteiger partial charge in [0.1, 0.15) is 5.69 Å². The van der Waals surface area contributed by atoms with Gasteiger partial charge < -0.3 is 0 Å². The van der Waals surface area contributed by atoms with Crippen molar-refractivity contribution in [2.24, 2.45) is 10.9 Å².